The summed E-state index contributed by atoms with van der Waals surface area (Å²) in [4.78, 5) is 44.0. The summed E-state index contributed by atoms with van der Waals surface area (Å²) in [5.41, 5.74) is 1.97. The maximum atomic E-state index is 12.4. The van der Waals surface area contributed by atoms with E-state index in [1.54, 1.807) is 30.4 Å². The summed E-state index contributed by atoms with van der Waals surface area (Å²) in [6.07, 6.45) is 4.94. The number of hydrogen-bond acceptors (Lipinski definition) is 9. The summed E-state index contributed by atoms with van der Waals surface area (Å²) in [5.74, 6) is 1.86. The van der Waals surface area contributed by atoms with Crippen molar-refractivity contribution in [3.8, 4) is 22.9 Å². The van der Waals surface area contributed by atoms with Crippen molar-refractivity contribution in [2.24, 2.45) is 5.92 Å². The number of anilines is 1. The molecule has 0 radical (unpaired) electrons. The van der Waals surface area contributed by atoms with Crippen LogP contribution in [0.15, 0.2) is 42.7 Å². The molecule has 0 bridgehead atoms. The molecule has 252 valence electrons. The number of benzene rings is 1. The summed E-state index contributed by atoms with van der Waals surface area (Å²) >= 11 is 12.7. The zero-order valence-electron chi connectivity index (χ0n) is 27.3. The fourth-order valence-electron chi connectivity index (χ4n) is 5.55. The second-order valence-electron chi connectivity index (χ2n) is 12.8. The van der Waals surface area contributed by atoms with E-state index in [-0.39, 0.29) is 12.1 Å². The number of hydrogen-bond donors (Lipinski definition) is 2. The minimum atomic E-state index is -0.534. The van der Waals surface area contributed by atoms with Gasteiger partial charge in [-0.3, -0.25) is 4.90 Å². The molecule has 3 amide bonds. The Morgan fingerprint density at radius 3 is 2.21 bits per heavy atom. The highest BCUT2D eigenvalue weighted by Gasteiger charge is 2.27. The van der Waals surface area contributed by atoms with E-state index in [1.807, 2.05) is 49.9 Å². The van der Waals surface area contributed by atoms with Gasteiger partial charge in [-0.25, -0.2) is 24.5 Å². The standard InChI is InChI=1S/C33H42Cl2N8O4/c1-33(2,3)47-32(45)43-11-9-42(10-12-43)30-37-19-27(20-38-30)46-29-14-23(13-28(40-29)24-15-25(34)17-26(35)16-24)21-41-7-5-22(6-8-41)18-39-31(44)36-4/h13-17,19-20,22H,5-12,18,21H2,1-4H3,(H2,36,39,44). The topological polar surface area (TPSA) is 125 Å². The normalized spacial score (nSPS) is 16.1. The van der Waals surface area contributed by atoms with Crippen molar-refractivity contribution in [1.29, 1.82) is 0 Å². The van der Waals surface area contributed by atoms with Gasteiger partial charge in [0.1, 0.15) is 5.60 Å². The Balaban J connectivity index is 1.25. The molecule has 0 atom stereocenters. The third-order valence-corrected chi connectivity index (χ3v) is 8.40. The quantitative estimate of drug-likeness (QED) is 0.301. The van der Waals surface area contributed by atoms with Crippen molar-refractivity contribution in [1.82, 2.24) is 35.4 Å². The van der Waals surface area contributed by atoms with E-state index in [2.05, 4.69) is 25.5 Å². The van der Waals surface area contributed by atoms with Gasteiger partial charge < -0.3 is 29.9 Å². The molecular weight excluding hydrogens is 643 g/mol. The maximum absolute atomic E-state index is 12.4. The second-order valence-corrected chi connectivity index (χ2v) is 13.7. The highest BCUT2D eigenvalue weighted by molar-refractivity contribution is 6.35. The molecular formula is C33H42Cl2N8O4. The van der Waals surface area contributed by atoms with Crippen LogP contribution in [0.2, 0.25) is 10.0 Å². The SMILES string of the molecule is CNC(=O)NCC1CCN(Cc2cc(Oc3cnc(N4CCN(C(=O)OC(C)(C)C)CC4)nc3)nc(-c3cc(Cl)cc(Cl)c3)c2)CC1. The summed E-state index contributed by atoms with van der Waals surface area (Å²) in [7, 11) is 1.62. The predicted molar refractivity (Wildman–Crippen MR) is 182 cm³/mol. The van der Waals surface area contributed by atoms with Crippen LogP contribution in [0.5, 0.6) is 11.6 Å². The number of nitrogens with zero attached hydrogens (tertiary/aromatic N) is 6. The van der Waals surface area contributed by atoms with E-state index in [9.17, 15) is 9.59 Å². The van der Waals surface area contributed by atoms with Gasteiger partial charge in [-0.15, -0.1) is 0 Å². The molecule has 3 aromatic rings. The van der Waals surface area contributed by atoms with E-state index in [1.165, 1.54) is 0 Å². The molecule has 0 unspecified atom stereocenters. The minimum absolute atomic E-state index is 0.149. The van der Waals surface area contributed by atoms with E-state index in [0.29, 0.717) is 78.5 Å². The van der Waals surface area contributed by atoms with Crippen LogP contribution in [0.1, 0.15) is 39.2 Å². The van der Waals surface area contributed by atoms with Gasteiger partial charge in [0.15, 0.2) is 5.75 Å². The number of likely N-dealkylation sites (tertiary alicyclic amines) is 1. The molecule has 4 heterocycles. The van der Waals surface area contributed by atoms with Gasteiger partial charge >= 0.3 is 12.1 Å². The number of halogens is 2. The lowest BCUT2D eigenvalue weighted by Crippen LogP contribution is -2.50. The first kappa shape index (κ1) is 34.5. The van der Waals surface area contributed by atoms with E-state index in [0.717, 1.165) is 37.1 Å². The number of rotatable bonds is 8. The molecule has 47 heavy (non-hydrogen) atoms. The van der Waals surface area contributed by atoms with Crippen molar-refractivity contribution < 1.29 is 19.1 Å². The number of urea groups is 1. The Morgan fingerprint density at radius 1 is 0.936 bits per heavy atom. The third kappa shape index (κ3) is 10.1. The Morgan fingerprint density at radius 2 is 1.60 bits per heavy atom. The van der Waals surface area contributed by atoms with Crippen molar-refractivity contribution in [2.45, 2.75) is 45.8 Å². The molecule has 0 saturated carbocycles. The van der Waals surface area contributed by atoms with Crippen molar-refractivity contribution in [3.05, 3.63) is 58.3 Å². The first-order valence-electron chi connectivity index (χ1n) is 15.8. The summed E-state index contributed by atoms with van der Waals surface area (Å²) in [6.45, 7) is 11.0. The van der Waals surface area contributed by atoms with Crippen LogP contribution in [0.25, 0.3) is 11.3 Å². The lowest BCUT2D eigenvalue weighted by molar-refractivity contribution is 0.0240. The van der Waals surface area contributed by atoms with Crippen LogP contribution >= 0.6 is 23.2 Å². The molecule has 2 fully saturated rings. The molecule has 0 spiro atoms. The zero-order valence-corrected chi connectivity index (χ0v) is 28.8. The van der Waals surface area contributed by atoms with Crippen LogP contribution in [0.3, 0.4) is 0 Å². The maximum Gasteiger partial charge on any atom is 0.410 e. The summed E-state index contributed by atoms with van der Waals surface area (Å²) in [5, 5.41) is 6.56. The molecule has 2 N–H and O–H groups in total. The molecule has 2 aliphatic heterocycles. The Labute approximate surface area is 285 Å². The highest BCUT2D eigenvalue weighted by atomic mass is 35.5. The summed E-state index contributed by atoms with van der Waals surface area (Å²) < 4.78 is 11.7. The lowest BCUT2D eigenvalue weighted by Gasteiger charge is -2.35. The number of nitrogens with one attached hydrogen (secondary N) is 2. The van der Waals surface area contributed by atoms with Crippen molar-refractivity contribution in [3.63, 3.8) is 0 Å². The van der Waals surface area contributed by atoms with E-state index in [4.69, 9.17) is 37.7 Å². The first-order valence-corrected chi connectivity index (χ1v) is 16.6. The number of carbonyl (C=O) groups excluding carboxylic acids is 2. The smallest absolute Gasteiger partial charge is 0.410 e. The molecule has 1 aromatic carbocycles. The average Bonchev–Trinajstić information content (AvgIpc) is 3.03. The van der Waals surface area contributed by atoms with Gasteiger partial charge in [-0.2, -0.15) is 0 Å². The number of pyridine rings is 1. The van der Waals surface area contributed by atoms with Gasteiger partial charge in [0.05, 0.1) is 18.1 Å². The van der Waals surface area contributed by atoms with Crippen LogP contribution in [0.4, 0.5) is 15.5 Å². The van der Waals surface area contributed by atoms with Gasteiger partial charge in [0.2, 0.25) is 11.8 Å². The number of piperidine rings is 1. The van der Waals surface area contributed by atoms with Gasteiger partial charge in [0, 0.05) is 68.0 Å². The van der Waals surface area contributed by atoms with Crippen LogP contribution in [0, 0.1) is 5.92 Å². The minimum Gasteiger partial charge on any atom is -0.444 e. The van der Waals surface area contributed by atoms with Gasteiger partial charge in [0.25, 0.3) is 0 Å². The second kappa shape index (κ2) is 15.4. The monoisotopic (exact) mass is 684 g/mol. The molecule has 2 aromatic heterocycles. The number of ether oxygens (including phenoxy) is 2. The molecule has 14 heteroatoms. The van der Waals surface area contributed by atoms with E-state index >= 15 is 0 Å². The van der Waals surface area contributed by atoms with Crippen LogP contribution in [-0.2, 0) is 11.3 Å². The zero-order chi connectivity index (χ0) is 33.6. The molecule has 12 nitrogen and oxygen atoms in total. The van der Waals surface area contributed by atoms with Crippen LogP contribution in [-0.4, -0.2) is 95.3 Å². The van der Waals surface area contributed by atoms with Crippen molar-refractivity contribution in [2.75, 3.05) is 57.8 Å². The van der Waals surface area contributed by atoms with Gasteiger partial charge in [-0.05, 0) is 82.4 Å². The predicted octanol–water partition coefficient (Wildman–Crippen LogP) is 5.84. The lowest BCUT2D eigenvalue weighted by atomic mass is 9.96. The summed E-state index contributed by atoms with van der Waals surface area (Å²) in [6, 6.07) is 9.16. The molecule has 0 aliphatic carbocycles. The fourth-order valence-corrected chi connectivity index (χ4v) is 6.07. The first-order chi connectivity index (χ1) is 22.4. The highest BCUT2D eigenvalue weighted by Crippen LogP contribution is 2.31. The van der Waals surface area contributed by atoms with Crippen molar-refractivity contribution >= 4 is 41.3 Å². The fraction of sp³-hybridized carbons (Fsp3) is 0.485. The van der Waals surface area contributed by atoms with Crippen LogP contribution < -0.4 is 20.3 Å². The van der Waals surface area contributed by atoms with Gasteiger partial charge in [-0.1, -0.05) is 23.2 Å². The number of aromatic nitrogens is 3. The average molecular weight is 686 g/mol. The Hall–Kier alpha value is -3.87. The number of piperazine rings is 1. The molecule has 2 aliphatic rings. The Bertz CT molecular complexity index is 1520. The van der Waals surface area contributed by atoms with E-state index < -0.39 is 5.60 Å². The number of carbonyl (C=O) groups is 2. The molecule has 5 rings (SSSR count). The third-order valence-electron chi connectivity index (χ3n) is 7.96. The largest absolute Gasteiger partial charge is 0.444 e. The Kier molecular flexibility index (Phi) is 11.3. The number of amides is 3. The molecule has 2 saturated heterocycles.